The highest BCUT2D eigenvalue weighted by atomic mass is 16.5. The van der Waals surface area contributed by atoms with Crippen LogP contribution in [0.4, 0.5) is 0 Å². The number of amides is 1. The third-order valence-electron chi connectivity index (χ3n) is 1.82. The maximum atomic E-state index is 10.0. The Morgan fingerprint density at radius 2 is 2.00 bits per heavy atom. The fourth-order valence-electron chi connectivity index (χ4n) is 1.14. The Labute approximate surface area is 77.6 Å². The minimum Gasteiger partial charge on any atom is -0.286 e. The molecular formula is C10H13NO2. The summed E-state index contributed by atoms with van der Waals surface area (Å²) in [5, 5.41) is 9.47. The number of rotatable bonds is 5. The molecule has 0 aliphatic rings. The van der Waals surface area contributed by atoms with Crippen molar-refractivity contribution in [3.8, 4) is 0 Å². The monoisotopic (exact) mass is 179 g/mol. The van der Waals surface area contributed by atoms with Crippen molar-refractivity contribution in [1.29, 1.82) is 0 Å². The summed E-state index contributed by atoms with van der Waals surface area (Å²) >= 11 is 0. The SMILES string of the molecule is O=CN(O)CCCc1ccccc1. The van der Waals surface area contributed by atoms with E-state index < -0.39 is 0 Å². The van der Waals surface area contributed by atoms with Crippen molar-refractivity contribution in [2.75, 3.05) is 6.54 Å². The van der Waals surface area contributed by atoms with Gasteiger partial charge in [0.15, 0.2) is 0 Å². The van der Waals surface area contributed by atoms with E-state index in [1.54, 1.807) is 0 Å². The van der Waals surface area contributed by atoms with Crippen molar-refractivity contribution in [3.63, 3.8) is 0 Å². The van der Waals surface area contributed by atoms with Crippen molar-refractivity contribution >= 4 is 6.41 Å². The molecule has 0 atom stereocenters. The number of benzene rings is 1. The second-order valence-electron chi connectivity index (χ2n) is 2.86. The first-order chi connectivity index (χ1) is 6.33. The maximum absolute atomic E-state index is 10.0. The molecular weight excluding hydrogens is 166 g/mol. The molecule has 0 saturated carbocycles. The first-order valence-electron chi connectivity index (χ1n) is 4.27. The number of carbonyl (C=O) groups is 1. The summed E-state index contributed by atoms with van der Waals surface area (Å²) in [5.41, 5.74) is 1.22. The zero-order valence-electron chi connectivity index (χ0n) is 7.39. The lowest BCUT2D eigenvalue weighted by Crippen LogP contribution is -2.18. The van der Waals surface area contributed by atoms with Gasteiger partial charge in [0.2, 0.25) is 6.41 Å². The van der Waals surface area contributed by atoms with Gasteiger partial charge in [-0.3, -0.25) is 10.0 Å². The molecule has 0 radical (unpaired) electrons. The summed E-state index contributed by atoms with van der Waals surface area (Å²) in [6.45, 7) is 0.387. The second kappa shape index (κ2) is 5.32. The van der Waals surface area contributed by atoms with Crippen molar-refractivity contribution in [2.45, 2.75) is 12.8 Å². The third kappa shape index (κ3) is 3.71. The zero-order valence-corrected chi connectivity index (χ0v) is 7.39. The Hall–Kier alpha value is -1.35. The van der Waals surface area contributed by atoms with E-state index in [1.807, 2.05) is 30.3 Å². The smallest absolute Gasteiger partial charge is 0.233 e. The van der Waals surface area contributed by atoms with Gasteiger partial charge < -0.3 is 0 Å². The topological polar surface area (TPSA) is 40.5 Å². The standard InChI is InChI=1S/C10H13NO2/c12-9-11(13)8-4-7-10-5-2-1-3-6-10/h1-3,5-6,9,13H,4,7-8H2. The van der Waals surface area contributed by atoms with Gasteiger partial charge in [0.1, 0.15) is 0 Å². The largest absolute Gasteiger partial charge is 0.286 e. The number of hydrogen-bond acceptors (Lipinski definition) is 2. The van der Waals surface area contributed by atoms with Gasteiger partial charge in [0, 0.05) is 6.54 Å². The van der Waals surface area contributed by atoms with Gasteiger partial charge in [-0.15, -0.1) is 0 Å². The van der Waals surface area contributed by atoms with Gasteiger partial charge in [-0.25, -0.2) is 5.06 Å². The van der Waals surface area contributed by atoms with E-state index in [4.69, 9.17) is 5.21 Å². The van der Waals surface area contributed by atoms with E-state index in [0.717, 1.165) is 12.8 Å². The van der Waals surface area contributed by atoms with E-state index in [1.165, 1.54) is 5.56 Å². The summed E-state index contributed by atoms with van der Waals surface area (Å²) in [4.78, 5) is 10.0. The van der Waals surface area contributed by atoms with E-state index in [0.29, 0.717) is 18.0 Å². The lowest BCUT2D eigenvalue weighted by Gasteiger charge is -2.07. The van der Waals surface area contributed by atoms with Crippen LogP contribution in [0.15, 0.2) is 30.3 Å². The van der Waals surface area contributed by atoms with Gasteiger partial charge in [-0.05, 0) is 18.4 Å². The summed E-state index contributed by atoms with van der Waals surface area (Å²) in [6.07, 6.45) is 2.08. The summed E-state index contributed by atoms with van der Waals surface area (Å²) in [7, 11) is 0. The fraction of sp³-hybridized carbons (Fsp3) is 0.300. The quantitative estimate of drug-likeness (QED) is 0.422. The number of aryl methyl sites for hydroxylation is 1. The van der Waals surface area contributed by atoms with Crippen LogP contribution in [0.5, 0.6) is 0 Å². The average molecular weight is 179 g/mol. The summed E-state index contributed by atoms with van der Waals surface area (Å²) in [5.74, 6) is 0. The van der Waals surface area contributed by atoms with Gasteiger partial charge in [-0.1, -0.05) is 30.3 Å². The Bertz CT molecular complexity index is 248. The first-order valence-corrected chi connectivity index (χ1v) is 4.27. The highest BCUT2D eigenvalue weighted by Gasteiger charge is 1.96. The van der Waals surface area contributed by atoms with Crippen molar-refractivity contribution < 1.29 is 10.0 Å². The van der Waals surface area contributed by atoms with Crippen molar-refractivity contribution in [3.05, 3.63) is 35.9 Å². The molecule has 70 valence electrons. The maximum Gasteiger partial charge on any atom is 0.233 e. The van der Waals surface area contributed by atoms with E-state index in [2.05, 4.69) is 0 Å². The van der Waals surface area contributed by atoms with Crippen LogP contribution in [0.2, 0.25) is 0 Å². The predicted molar refractivity (Wildman–Crippen MR) is 49.3 cm³/mol. The number of carbonyl (C=O) groups excluding carboxylic acids is 1. The summed E-state index contributed by atoms with van der Waals surface area (Å²) in [6, 6.07) is 9.98. The lowest BCUT2D eigenvalue weighted by atomic mass is 10.1. The van der Waals surface area contributed by atoms with E-state index in [9.17, 15) is 4.79 Å². The van der Waals surface area contributed by atoms with Crippen LogP contribution in [0.25, 0.3) is 0 Å². The van der Waals surface area contributed by atoms with Crippen molar-refractivity contribution in [1.82, 2.24) is 5.06 Å². The third-order valence-corrected chi connectivity index (χ3v) is 1.82. The molecule has 1 aromatic rings. The normalized spacial score (nSPS) is 9.62. The Morgan fingerprint density at radius 1 is 1.31 bits per heavy atom. The Kier molecular flexibility index (Phi) is 3.99. The lowest BCUT2D eigenvalue weighted by molar-refractivity contribution is -0.149. The van der Waals surface area contributed by atoms with Crippen LogP contribution in [0.3, 0.4) is 0 Å². The zero-order chi connectivity index (χ0) is 9.52. The predicted octanol–water partition coefficient (Wildman–Crippen LogP) is 1.47. The molecule has 0 aromatic heterocycles. The number of hydroxylamine groups is 2. The molecule has 0 aliphatic carbocycles. The van der Waals surface area contributed by atoms with Crippen LogP contribution in [0.1, 0.15) is 12.0 Å². The number of hydrogen-bond donors (Lipinski definition) is 1. The highest BCUT2D eigenvalue weighted by molar-refractivity contribution is 5.44. The average Bonchev–Trinajstić information content (AvgIpc) is 2.19. The van der Waals surface area contributed by atoms with Gasteiger partial charge >= 0.3 is 0 Å². The molecule has 3 nitrogen and oxygen atoms in total. The minimum absolute atomic E-state index is 0.387. The molecule has 0 fully saturated rings. The molecule has 1 N–H and O–H groups in total. The molecule has 0 saturated heterocycles. The Balaban J connectivity index is 2.24. The second-order valence-corrected chi connectivity index (χ2v) is 2.86. The highest BCUT2D eigenvalue weighted by Crippen LogP contribution is 2.02. The molecule has 0 heterocycles. The minimum atomic E-state index is 0.387. The van der Waals surface area contributed by atoms with Gasteiger partial charge in [0.25, 0.3) is 0 Å². The Morgan fingerprint density at radius 3 is 2.62 bits per heavy atom. The molecule has 1 amide bonds. The molecule has 0 spiro atoms. The molecule has 0 bridgehead atoms. The van der Waals surface area contributed by atoms with Crippen LogP contribution in [-0.4, -0.2) is 23.2 Å². The van der Waals surface area contributed by atoms with Crippen LogP contribution < -0.4 is 0 Å². The van der Waals surface area contributed by atoms with Crippen LogP contribution in [-0.2, 0) is 11.2 Å². The molecule has 1 rings (SSSR count). The van der Waals surface area contributed by atoms with Gasteiger partial charge in [-0.2, -0.15) is 0 Å². The van der Waals surface area contributed by atoms with Crippen LogP contribution in [0, 0.1) is 0 Å². The molecule has 0 unspecified atom stereocenters. The molecule has 3 heteroatoms. The molecule has 13 heavy (non-hydrogen) atoms. The fourth-order valence-corrected chi connectivity index (χ4v) is 1.14. The van der Waals surface area contributed by atoms with Crippen LogP contribution >= 0.6 is 0 Å². The van der Waals surface area contributed by atoms with Crippen molar-refractivity contribution in [2.24, 2.45) is 0 Å². The summed E-state index contributed by atoms with van der Waals surface area (Å²) < 4.78 is 0. The van der Waals surface area contributed by atoms with E-state index >= 15 is 0 Å². The van der Waals surface area contributed by atoms with Gasteiger partial charge in [0.05, 0.1) is 0 Å². The molecule has 0 aliphatic heterocycles. The first kappa shape index (κ1) is 9.74. The number of nitrogens with zero attached hydrogens (tertiary/aromatic N) is 1. The van der Waals surface area contributed by atoms with E-state index in [-0.39, 0.29) is 0 Å². The molecule has 1 aromatic carbocycles.